The van der Waals surface area contributed by atoms with E-state index in [0.29, 0.717) is 5.89 Å². The molecule has 1 aliphatic carbocycles. The fraction of sp³-hybridized carbons (Fsp3) is 0. The largest absolute Gasteiger partial charge is 0.454 e. The van der Waals surface area contributed by atoms with E-state index in [2.05, 4.69) is 120 Å². The number of benzene rings is 7. The second-order valence-corrected chi connectivity index (χ2v) is 11.9. The van der Waals surface area contributed by atoms with Crippen LogP contribution in [0.5, 0.6) is 0 Å². The lowest BCUT2D eigenvalue weighted by Crippen LogP contribution is -2.11. The lowest BCUT2D eigenvalue weighted by atomic mass is 10.00. The number of anilines is 3. The molecule has 0 unspecified atom stereocenters. The molecule has 0 bridgehead atoms. The number of hydrogen-bond acceptors (Lipinski definition) is 4. The van der Waals surface area contributed by atoms with Crippen LogP contribution in [0.1, 0.15) is 0 Å². The minimum absolute atomic E-state index is 0.637. The van der Waals surface area contributed by atoms with E-state index in [4.69, 9.17) is 13.8 Å². The zero-order chi connectivity index (χ0) is 30.9. The van der Waals surface area contributed by atoms with E-state index in [-0.39, 0.29) is 0 Å². The third-order valence-electron chi connectivity index (χ3n) is 9.24. The molecule has 0 fully saturated rings. The number of rotatable bonds is 5. The highest BCUT2D eigenvalue weighted by Crippen LogP contribution is 2.52. The van der Waals surface area contributed by atoms with Crippen molar-refractivity contribution in [3.63, 3.8) is 0 Å². The lowest BCUT2D eigenvalue weighted by Gasteiger charge is -2.27. The molecular formula is C43H26N2O2. The number of oxazole rings is 1. The van der Waals surface area contributed by atoms with Crippen molar-refractivity contribution in [1.29, 1.82) is 0 Å². The van der Waals surface area contributed by atoms with Crippen LogP contribution in [0.2, 0.25) is 0 Å². The second kappa shape index (κ2) is 10.1. The van der Waals surface area contributed by atoms with Crippen LogP contribution in [0.3, 0.4) is 0 Å². The second-order valence-electron chi connectivity index (χ2n) is 11.9. The van der Waals surface area contributed by atoms with E-state index < -0.39 is 0 Å². The number of aromatic nitrogens is 1. The molecule has 0 radical (unpaired) electrons. The maximum Gasteiger partial charge on any atom is 0.227 e. The molecule has 9 aromatic rings. The Morgan fingerprint density at radius 3 is 2.04 bits per heavy atom. The summed E-state index contributed by atoms with van der Waals surface area (Å²) in [6.45, 7) is 0. The quantitative estimate of drug-likeness (QED) is 0.197. The van der Waals surface area contributed by atoms with Crippen molar-refractivity contribution in [2.75, 3.05) is 4.90 Å². The van der Waals surface area contributed by atoms with Gasteiger partial charge < -0.3 is 13.7 Å². The minimum Gasteiger partial charge on any atom is -0.454 e. The van der Waals surface area contributed by atoms with Gasteiger partial charge in [-0.25, -0.2) is 4.98 Å². The van der Waals surface area contributed by atoms with E-state index in [9.17, 15) is 0 Å². The van der Waals surface area contributed by atoms with Crippen LogP contribution in [0, 0.1) is 0 Å². The fourth-order valence-electron chi connectivity index (χ4n) is 7.13. The van der Waals surface area contributed by atoms with Gasteiger partial charge in [-0.1, -0.05) is 109 Å². The van der Waals surface area contributed by atoms with Gasteiger partial charge in [-0.2, -0.15) is 0 Å². The van der Waals surface area contributed by atoms with Crippen molar-refractivity contribution in [2.45, 2.75) is 0 Å². The molecule has 4 heteroatoms. The highest BCUT2D eigenvalue weighted by atomic mass is 16.4. The Labute approximate surface area is 270 Å². The summed E-state index contributed by atoms with van der Waals surface area (Å²) in [4.78, 5) is 7.34. The summed E-state index contributed by atoms with van der Waals surface area (Å²) in [5.41, 5.74) is 11.1. The molecule has 0 saturated carbocycles. The van der Waals surface area contributed by atoms with E-state index in [1.807, 2.05) is 42.5 Å². The SMILES string of the molecule is c1ccc(-c2cccc(N(c3ccc4c5c(cccc35)-c3nc(-c5ccccc5)oc3-4)c3cccc4c3oc3ccccc34)c2)cc1. The molecule has 47 heavy (non-hydrogen) atoms. The van der Waals surface area contributed by atoms with Crippen molar-refractivity contribution >= 4 is 49.8 Å². The van der Waals surface area contributed by atoms with Crippen LogP contribution in [0.4, 0.5) is 17.1 Å². The van der Waals surface area contributed by atoms with Gasteiger partial charge in [0.2, 0.25) is 5.89 Å². The van der Waals surface area contributed by atoms with Crippen molar-refractivity contribution in [3.8, 4) is 45.2 Å². The molecule has 0 spiro atoms. The first-order chi connectivity index (χ1) is 23.3. The van der Waals surface area contributed by atoms with E-state index in [0.717, 1.165) is 83.5 Å². The van der Waals surface area contributed by atoms with Crippen molar-refractivity contribution in [1.82, 2.24) is 4.98 Å². The van der Waals surface area contributed by atoms with Gasteiger partial charge in [0.25, 0.3) is 0 Å². The van der Waals surface area contributed by atoms with Crippen molar-refractivity contribution in [3.05, 3.63) is 158 Å². The minimum atomic E-state index is 0.637. The van der Waals surface area contributed by atoms with Crippen LogP contribution < -0.4 is 4.90 Å². The predicted octanol–water partition coefficient (Wildman–Crippen LogP) is 12.2. The molecule has 0 atom stereocenters. The van der Waals surface area contributed by atoms with Gasteiger partial charge in [0, 0.05) is 43.9 Å². The summed E-state index contributed by atoms with van der Waals surface area (Å²) in [5, 5.41) is 4.46. The standard InChI is InChI=1S/C43H26N2O2/c1-3-12-27(13-4-1)29-16-9-17-30(26-29)45(37-22-11-19-32-31-18-7-8-23-38(31)46-41(32)37)36-25-24-35-39-33(36)20-10-21-34(39)40-42(35)47-43(44-40)28-14-5-2-6-15-28/h1-26H. The van der Waals surface area contributed by atoms with Gasteiger partial charge in [0.15, 0.2) is 11.3 Å². The Morgan fingerprint density at radius 2 is 1.17 bits per heavy atom. The van der Waals surface area contributed by atoms with Crippen molar-refractivity contribution in [2.24, 2.45) is 0 Å². The maximum atomic E-state index is 6.62. The van der Waals surface area contributed by atoms with Crippen LogP contribution in [-0.4, -0.2) is 4.98 Å². The highest BCUT2D eigenvalue weighted by Gasteiger charge is 2.30. The van der Waals surface area contributed by atoms with Gasteiger partial charge >= 0.3 is 0 Å². The molecule has 0 aliphatic heterocycles. The summed E-state index contributed by atoms with van der Waals surface area (Å²) in [7, 11) is 0. The predicted molar refractivity (Wildman–Crippen MR) is 191 cm³/mol. The molecule has 1 aliphatic rings. The Balaban J connectivity index is 1.22. The molecule has 7 aromatic carbocycles. The summed E-state index contributed by atoms with van der Waals surface area (Å²) >= 11 is 0. The van der Waals surface area contributed by atoms with Gasteiger partial charge in [-0.3, -0.25) is 0 Å². The summed E-state index contributed by atoms with van der Waals surface area (Å²) < 4.78 is 13.1. The number of hydrogen-bond donors (Lipinski definition) is 0. The molecule has 0 N–H and O–H groups in total. The first kappa shape index (κ1) is 25.9. The third-order valence-corrected chi connectivity index (χ3v) is 9.24. The average molecular weight is 603 g/mol. The number of nitrogens with zero attached hydrogens (tertiary/aromatic N) is 2. The summed E-state index contributed by atoms with van der Waals surface area (Å²) in [6.07, 6.45) is 0. The number of para-hydroxylation sites is 2. The Morgan fingerprint density at radius 1 is 0.468 bits per heavy atom. The lowest BCUT2D eigenvalue weighted by molar-refractivity contribution is 0.590. The molecule has 0 saturated heterocycles. The molecule has 4 nitrogen and oxygen atoms in total. The summed E-state index contributed by atoms with van der Waals surface area (Å²) in [5.74, 6) is 1.46. The van der Waals surface area contributed by atoms with Crippen LogP contribution in [0.15, 0.2) is 167 Å². The Bertz CT molecular complexity index is 2610. The van der Waals surface area contributed by atoms with Crippen LogP contribution in [0.25, 0.3) is 77.9 Å². The normalized spacial score (nSPS) is 11.8. The smallest absolute Gasteiger partial charge is 0.227 e. The zero-order valence-corrected chi connectivity index (χ0v) is 25.2. The third kappa shape index (κ3) is 3.92. The first-order valence-corrected chi connectivity index (χ1v) is 15.8. The van der Waals surface area contributed by atoms with E-state index in [1.54, 1.807) is 0 Å². The molecule has 220 valence electrons. The summed E-state index contributed by atoms with van der Waals surface area (Å²) in [6, 6.07) is 54.9. The average Bonchev–Trinajstić information content (AvgIpc) is 3.83. The highest BCUT2D eigenvalue weighted by molar-refractivity contribution is 6.19. The Hall–Kier alpha value is -6.39. The van der Waals surface area contributed by atoms with Gasteiger partial charge in [0.05, 0.1) is 11.4 Å². The molecule has 10 rings (SSSR count). The fourth-order valence-corrected chi connectivity index (χ4v) is 7.13. The first-order valence-electron chi connectivity index (χ1n) is 15.8. The van der Waals surface area contributed by atoms with Gasteiger partial charge in [-0.05, 0) is 59.7 Å². The topological polar surface area (TPSA) is 42.4 Å². The van der Waals surface area contributed by atoms with Gasteiger partial charge in [0.1, 0.15) is 11.3 Å². The Kier molecular flexibility index (Phi) is 5.54. The molecular weight excluding hydrogens is 576 g/mol. The molecule has 2 heterocycles. The molecule has 2 aromatic heterocycles. The molecule has 0 amide bonds. The van der Waals surface area contributed by atoms with Gasteiger partial charge in [-0.15, -0.1) is 0 Å². The van der Waals surface area contributed by atoms with Crippen LogP contribution in [-0.2, 0) is 0 Å². The number of furan rings is 1. The maximum absolute atomic E-state index is 6.62. The van der Waals surface area contributed by atoms with Crippen molar-refractivity contribution < 1.29 is 8.83 Å². The monoisotopic (exact) mass is 602 g/mol. The number of fused-ring (bicyclic) bond motifs is 6. The zero-order valence-electron chi connectivity index (χ0n) is 25.2. The van der Waals surface area contributed by atoms with E-state index in [1.165, 1.54) is 5.56 Å². The van der Waals surface area contributed by atoms with E-state index >= 15 is 0 Å². The van der Waals surface area contributed by atoms with Crippen LogP contribution >= 0.6 is 0 Å².